The Labute approximate surface area is 168 Å². The molecular formula is C21H22N3O5+. The molecule has 0 bridgehead atoms. The molecule has 0 saturated heterocycles. The summed E-state index contributed by atoms with van der Waals surface area (Å²) in [7, 11) is 3.75. The molecule has 0 fully saturated rings. The Hall–Kier alpha value is -3.44. The van der Waals surface area contributed by atoms with Gasteiger partial charge in [-0.1, -0.05) is 12.0 Å². The maximum atomic E-state index is 10.9. The smallest absolute Gasteiger partial charge is 0.271 e. The van der Waals surface area contributed by atoms with Gasteiger partial charge in [-0.05, 0) is 23.6 Å². The van der Waals surface area contributed by atoms with Crippen molar-refractivity contribution in [3.05, 3.63) is 51.6 Å². The molecule has 1 unspecified atom stereocenters. The monoisotopic (exact) mass is 396 g/mol. The molecule has 2 heterocycles. The van der Waals surface area contributed by atoms with Crippen molar-refractivity contribution in [2.75, 3.05) is 39.4 Å². The molecule has 2 atom stereocenters. The summed E-state index contributed by atoms with van der Waals surface area (Å²) in [6.07, 6.45) is 0.915. The van der Waals surface area contributed by atoms with Crippen LogP contribution in [0.15, 0.2) is 30.3 Å². The minimum atomic E-state index is -0.412. The molecule has 2 aliphatic heterocycles. The van der Waals surface area contributed by atoms with Crippen LogP contribution in [0.25, 0.3) is 0 Å². The van der Waals surface area contributed by atoms with Crippen LogP contribution in [-0.2, 0) is 6.42 Å². The number of hydrogen-bond donors (Lipinski definition) is 2. The number of hydrogen-bond acceptors (Lipinski definition) is 6. The third kappa shape index (κ3) is 3.65. The zero-order chi connectivity index (χ0) is 20.4. The average Bonchev–Trinajstić information content (AvgIpc) is 3.19. The van der Waals surface area contributed by atoms with Gasteiger partial charge in [-0.15, -0.1) is 0 Å². The lowest BCUT2D eigenvalue weighted by Crippen LogP contribution is -3.10. The van der Waals surface area contributed by atoms with Crippen molar-refractivity contribution in [1.82, 2.24) is 0 Å². The minimum Gasteiger partial charge on any atom is -0.492 e. The van der Waals surface area contributed by atoms with Gasteiger partial charge < -0.3 is 24.4 Å². The Bertz CT molecular complexity index is 1010. The number of nitro benzene ring substituents is 1. The highest BCUT2D eigenvalue weighted by Crippen LogP contribution is 2.47. The van der Waals surface area contributed by atoms with Crippen LogP contribution in [0.2, 0.25) is 0 Å². The average molecular weight is 396 g/mol. The number of quaternary nitrogens is 1. The van der Waals surface area contributed by atoms with E-state index < -0.39 is 4.92 Å². The van der Waals surface area contributed by atoms with E-state index in [-0.39, 0.29) is 18.5 Å². The fourth-order valence-corrected chi connectivity index (χ4v) is 3.75. The van der Waals surface area contributed by atoms with Crippen molar-refractivity contribution >= 4 is 11.4 Å². The van der Waals surface area contributed by atoms with E-state index in [0.717, 1.165) is 24.3 Å². The third-order valence-corrected chi connectivity index (χ3v) is 5.20. The van der Waals surface area contributed by atoms with Crippen LogP contribution in [-0.4, -0.2) is 39.0 Å². The molecule has 0 radical (unpaired) electrons. The first kappa shape index (κ1) is 18.9. The number of non-ortho nitro benzene ring substituents is 1. The van der Waals surface area contributed by atoms with E-state index in [0.29, 0.717) is 23.7 Å². The van der Waals surface area contributed by atoms with Gasteiger partial charge >= 0.3 is 0 Å². The lowest BCUT2D eigenvalue weighted by molar-refractivity contribution is -0.905. The van der Waals surface area contributed by atoms with Crippen molar-refractivity contribution < 1.29 is 24.0 Å². The fourth-order valence-electron chi connectivity index (χ4n) is 3.75. The number of nitrogens with one attached hydrogen (secondary N) is 2. The first-order chi connectivity index (χ1) is 14.1. The molecule has 2 aromatic carbocycles. The van der Waals surface area contributed by atoms with Crippen molar-refractivity contribution in [1.29, 1.82) is 0 Å². The molecule has 8 heteroatoms. The van der Waals surface area contributed by atoms with Crippen LogP contribution in [0.1, 0.15) is 17.2 Å². The highest BCUT2D eigenvalue weighted by atomic mass is 16.7. The van der Waals surface area contributed by atoms with Gasteiger partial charge in [0.25, 0.3) is 5.69 Å². The highest BCUT2D eigenvalue weighted by molar-refractivity contribution is 5.62. The molecule has 0 amide bonds. The van der Waals surface area contributed by atoms with Crippen molar-refractivity contribution in [3.8, 4) is 29.1 Å². The number of likely N-dealkylation sites (N-methyl/N-ethyl adjacent to an activating group) is 1. The molecule has 2 N–H and O–H groups in total. The van der Waals surface area contributed by atoms with Gasteiger partial charge in [0.05, 0.1) is 37.7 Å². The first-order valence-corrected chi connectivity index (χ1v) is 9.37. The zero-order valence-corrected chi connectivity index (χ0v) is 16.3. The molecule has 0 aromatic heterocycles. The van der Waals surface area contributed by atoms with Gasteiger partial charge in [-0.3, -0.25) is 10.1 Å². The molecule has 8 nitrogen and oxygen atoms in total. The summed E-state index contributed by atoms with van der Waals surface area (Å²) in [5.41, 5.74) is 2.93. The maximum Gasteiger partial charge on any atom is 0.271 e. The second-order valence-corrected chi connectivity index (χ2v) is 6.98. The summed E-state index contributed by atoms with van der Waals surface area (Å²) in [6.45, 7) is 1.53. The highest BCUT2D eigenvalue weighted by Gasteiger charge is 2.35. The molecule has 150 valence electrons. The summed E-state index contributed by atoms with van der Waals surface area (Å²) < 4.78 is 16.8. The number of nitro groups is 1. The Morgan fingerprint density at radius 1 is 1.38 bits per heavy atom. The number of ether oxygens (including phenoxy) is 3. The number of anilines is 1. The molecule has 2 aromatic rings. The van der Waals surface area contributed by atoms with Gasteiger partial charge in [0.15, 0.2) is 17.5 Å². The molecule has 2 aliphatic rings. The van der Waals surface area contributed by atoms with Crippen LogP contribution < -0.4 is 24.4 Å². The quantitative estimate of drug-likeness (QED) is 0.463. The Kier molecular flexibility index (Phi) is 5.14. The van der Waals surface area contributed by atoms with Gasteiger partial charge in [0, 0.05) is 24.2 Å². The van der Waals surface area contributed by atoms with Crippen LogP contribution in [0.5, 0.6) is 17.2 Å². The third-order valence-electron chi connectivity index (χ3n) is 5.20. The Morgan fingerprint density at radius 3 is 3.03 bits per heavy atom. The minimum absolute atomic E-state index is 0.0501. The molecular weight excluding hydrogens is 374 g/mol. The van der Waals surface area contributed by atoms with Crippen LogP contribution in [0.4, 0.5) is 11.4 Å². The SMILES string of the molecule is COc1c2c(cc3c1[C@@H](C#CCNc1cccc([N+](=O)[O-])c1)[NH+](C)CC3)OCO2. The van der Waals surface area contributed by atoms with E-state index in [2.05, 4.69) is 24.2 Å². The Balaban J connectivity index is 1.56. The second kappa shape index (κ2) is 7.89. The van der Waals surface area contributed by atoms with E-state index >= 15 is 0 Å². The zero-order valence-electron chi connectivity index (χ0n) is 16.3. The predicted octanol–water partition coefficient (Wildman–Crippen LogP) is 1.56. The van der Waals surface area contributed by atoms with Gasteiger partial charge in [0.2, 0.25) is 12.5 Å². The number of nitrogens with zero attached hydrogens (tertiary/aromatic N) is 1. The molecule has 0 saturated carbocycles. The maximum absolute atomic E-state index is 10.9. The van der Waals surface area contributed by atoms with Crippen LogP contribution in [0, 0.1) is 22.0 Å². The van der Waals surface area contributed by atoms with E-state index in [1.165, 1.54) is 22.6 Å². The van der Waals surface area contributed by atoms with E-state index in [1.54, 1.807) is 19.2 Å². The van der Waals surface area contributed by atoms with Gasteiger partial charge in [0.1, 0.15) is 0 Å². The normalized spacial score (nSPS) is 19.0. The summed E-state index contributed by atoms with van der Waals surface area (Å²) in [6, 6.07) is 8.36. The fraction of sp³-hybridized carbons (Fsp3) is 0.333. The van der Waals surface area contributed by atoms with Gasteiger partial charge in [-0.2, -0.15) is 0 Å². The standard InChI is InChI=1S/C21H21N3O5/c1-23-10-8-14-11-18-20(29-13-28-18)21(27-2)19(14)17(23)7-4-9-22-15-5-3-6-16(12-15)24(25)26/h3,5-6,11-12,17,22H,8-10,13H2,1-2H3/p+1/t17-/m1/s1. The number of benzene rings is 2. The number of fused-ring (bicyclic) bond motifs is 2. The van der Waals surface area contributed by atoms with E-state index in [9.17, 15) is 10.1 Å². The molecule has 29 heavy (non-hydrogen) atoms. The second-order valence-electron chi connectivity index (χ2n) is 6.98. The van der Waals surface area contributed by atoms with Crippen molar-refractivity contribution in [3.63, 3.8) is 0 Å². The Morgan fingerprint density at radius 2 is 2.24 bits per heavy atom. The molecule has 0 aliphatic carbocycles. The molecule has 4 rings (SSSR count). The summed E-state index contributed by atoms with van der Waals surface area (Å²) >= 11 is 0. The predicted molar refractivity (Wildman–Crippen MR) is 107 cm³/mol. The van der Waals surface area contributed by atoms with Crippen LogP contribution >= 0.6 is 0 Å². The van der Waals surface area contributed by atoms with Crippen molar-refractivity contribution in [2.24, 2.45) is 0 Å². The van der Waals surface area contributed by atoms with E-state index in [4.69, 9.17) is 14.2 Å². The lowest BCUT2D eigenvalue weighted by atomic mass is 9.91. The molecule has 0 spiro atoms. The topological polar surface area (TPSA) is 87.3 Å². The number of rotatable bonds is 4. The summed E-state index contributed by atoms with van der Waals surface area (Å²) in [5, 5.41) is 14.0. The van der Waals surface area contributed by atoms with Crippen molar-refractivity contribution in [2.45, 2.75) is 12.5 Å². The van der Waals surface area contributed by atoms with Gasteiger partial charge in [-0.25, -0.2) is 0 Å². The van der Waals surface area contributed by atoms with Crippen LogP contribution in [0.3, 0.4) is 0 Å². The lowest BCUT2D eigenvalue weighted by Gasteiger charge is -2.30. The summed E-state index contributed by atoms with van der Waals surface area (Å²) in [5.74, 6) is 8.56. The summed E-state index contributed by atoms with van der Waals surface area (Å²) in [4.78, 5) is 11.8. The van der Waals surface area contributed by atoms with E-state index in [1.807, 2.05) is 6.07 Å². The largest absolute Gasteiger partial charge is 0.492 e. The first-order valence-electron chi connectivity index (χ1n) is 9.37. The number of methoxy groups -OCH3 is 1.